The third kappa shape index (κ3) is 4.52. The Hall–Kier alpha value is -2.84. The molecule has 4 heterocycles. The number of amides is 1. The molecule has 1 fully saturated rings. The summed E-state index contributed by atoms with van der Waals surface area (Å²) in [5.41, 5.74) is 1.83. The van der Waals surface area contributed by atoms with E-state index in [1.165, 1.54) is 17.8 Å². The lowest BCUT2D eigenvalue weighted by Gasteiger charge is -2.32. The van der Waals surface area contributed by atoms with Gasteiger partial charge in [0.15, 0.2) is 11.6 Å². The number of carbonyl (C=O) groups excluding carboxylic acids is 1. The lowest BCUT2D eigenvalue weighted by atomic mass is 9.97. The van der Waals surface area contributed by atoms with Gasteiger partial charge in [-0.2, -0.15) is 0 Å². The molecule has 0 unspecified atom stereocenters. The maximum atomic E-state index is 13.6. The van der Waals surface area contributed by atoms with Gasteiger partial charge in [-0.05, 0) is 62.2 Å². The van der Waals surface area contributed by atoms with Crippen LogP contribution in [0, 0.1) is 11.7 Å². The first-order valence-electron chi connectivity index (χ1n) is 10.9. The second-order valence-corrected chi connectivity index (χ2v) is 9.19. The van der Waals surface area contributed by atoms with E-state index >= 15 is 0 Å². The number of pyridine rings is 1. The Bertz CT molecular complexity index is 1150. The molecule has 2 aromatic heterocycles. The van der Waals surface area contributed by atoms with E-state index in [0.717, 1.165) is 48.8 Å². The number of rotatable bonds is 7. The highest BCUT2D eigenvalue weighted by Crippen LogP contribution is 2.34. The summed E-state index contributed by atoms with van der Waals surface area (Å²) in [7, 11) is 0. The van der Waals surface area contributed by atoms with Crippen molar-refractivity contribution < 1.29 is 13.9 Å². The summed E-state index contributed by atoms with van der Waals surface area (Å²) in [5, 5.41) is 4.13. The molecule has 0 bridgehead atoms. The van der Waals surface area contributed by atoms with Crippen LogP contribution in [0.15, 0.2) is 58.6 Å². The van der Waals surface area contributed by atoms with Gasteiger partial charge in [0.1, 0.15) is 12.3 Å². The Labute approximate surface area is 190 Å². The second kappa shape index (κ2) is 9.34. The van der Waals surface area contributed by atoms with Gasteiger partial charge in [-0.3, -0.25) is 14.1 Å². The van der Waals surface area contributed by atoms with Crippen molar-refractivity contribution in [3.8, 4) is 5.75 Å². The molecule has 0 atom stereocenters. The van der Waals surface area contributed by atoms with E-state index in [1.54, 1.807) is 24.4 Å². The van der Waals surface area contributed by atoms with E-state index < -0.39 is 0 Å². The standard InChI is InChI=1S/C24H25FN4O2S/c25-19-4-1-2-5-20(19)31-13-12-28-10-8-17(9-11-28)15-27-24(30)21-14-18-16-26-22-6-3-7-23(32-21)29(18)22/h1-7,14,16-17H,8-13,15H2,(H,27,30). The molecule has 1 saturated heterocycles. The number of para-hydroxylation sites is 1. The molecule has 2 aliphatic heterocycles. The second-order valence-electron chi connectivity index (χ2n) is 8.13. The van der Waals surface area contributed by atoms with E-state index in [2.05, 4.69) is 19.6 Å². The first-order chi connectivity index (χ1) is 15.7. The van der Waals surface area contributed by atoms with Crippen molar-refractivity contribution in [2.24, 2.45) is 5.92 Å². The van der Waals surface area contributed by atoms with Crippen molar-refractivity contribution in [3.05, 3.63) is 65.1 Å². The highest BCUT2D eigenvalue weighted by Gasteiger charge is 2.23. The van der Waals surface area contributed by atoms with Crippen LogP contribution in [0.25, 0.3) is 11.7 Å². The van der Waals surface area contributed by atoms with Crippen molar-refractivity contribution in [3.63, 3.8) is 0 Å². The van der Waals surface area contributed by atoms with Crippen LogP contribution in [0.5, 0.6) is 5.75 Å². The van der Waals surface area contributed by atoms with E-state index in [4.69, 9.17) is 4.74 Å². The van der Waals surface area contributed by atoms with Gasteiger partial charge < -0.3 is 10.1 Å². The number of benzene rings is 1. The third-order valence-electron chi connectivity index (χ3n) is 6.00. The maximum absolute atomic E-state index is 13.6. The zero-order valence-electron chi connectivity index (χ0n) is 17.7. The van der Waals surface area contributed by atoms with Crippen LogP contribution in [-0.4, -0.2) is 53.0 Å². The van der Waals surface area contributed by atoms with Crippen molar-refractivity contribution in [2.45, 2.75) is 17.9 Å². The summed E-state index contributed by atoms with van der Waals surface area (Å²) in [5.74, 6) is 0.416. The third-order valence-corrected chi connectivity index (χ3v) is 7.05. The summed E-state index contributed by atoms with van der Waals surface area (Å²) < 4.78 is 21.2. The largest absolute Gasteiger partial charge is 0.489 e. The number of imidazole rings is 1. The van der Waals surface area contributed by atoms with Crippen LogP contribution < -0.4 is 10.1 Å². The van der Waals surface area contributed by atoms with Crippen molar-refractivity contribution in [2.75, 3.05) is 32.8 Å². The number of nitrogens with one attached hydrogen (secondary N) is 1. The highest BCUT2D eigenvalue weighted by molar-refractivity contribution is 8.04. The predicted octanol–water partition coefficient (Wildman–Crippen LogP) is 3.83. The summed E-state index contributed by atoms with van der Waals surface area (Å²) in [6.45, 7) is 3.84. The minimum absolute atomic E-state index is 0.0276. The molecule has 5 rings (SSSR count). The number of aromatic nitrogens is 2. The van der Waals surface area contributed by atoms with Crippen LogP contribution in [0.4, 0.5) is 4.39 Å². The normalized spacial score (nSPS) is 16.7. The Morgan fingerprint density at radius 1 is 1.19 bits per heavy atom. The molecule has 8 heteroatoms. The van der Waals surface area contributed by atoms with Gasteiger partial charge in [-0.15, -0.1) is 0 Å². The number of hydrogen-bond donors (Lipinski definition) is 1. The van der Waals surface area contributed by atoms with Crippen molar-refractivity contribution in [1.82, 2.24) is 19.6 Å². The summed E-state index contributed by atoms with van der Waals surface area (Å²) in [4.78, 5) is 20.2. The molecule has 0 spiro atoms. The first-order valence-corrected chi connectivity index (χ1v) is 11.7. The maximum Gasteiger partial charge on any atom is 0.258 e. The van der Waals surface area contributed by atoms with E-state index in [9.17, 15) is 9.18 Å². The van der Waals surface area contributed by atoms with Gasteiger partial charge in [0.2, 0.25) is 0 Å². The number of thioether (sulfide) groups is 1. The fourth-order valence-corrected chi connectivity index (χ4v) is 5.19. The molecule has 166 valence electrons. The number of ether oxygens (including phenoxy) is 1. The van der Waals surface area contributed by atoms with Gasteiger partial charge >= 0.3 is 0 Å². The highest BCUT2D eigenvalue weighted by atomic mass is 32.2. The quantitative estimate of drug-likeness (QED) is 0.591. The fraction of sp³-hybridized carbons (Fsp3) is 0.333. The molecule has 0 radical (unpaired) electrons. The zero-order valence-corrected chi connectivity index (χ0v) is 18.5. The van der Waals surface area contributed by atoms with Gasteiger partial charge in [-0.1, -0.05) is 30.0 Å². The Balaban J connectivity index is 1.06. The predicted molar refractivity (Wildman–Crippen MR) is 123 cm³/mol. The van der Waals surface area contributed by atoms with Crippen LogP contribution >= 0.6 is 11.8 Å². The Morgan fingerprint density at radius 2 is 2.03 bits per heavy atom. The average molecular weight is 453 g/mol. The molecule has 2 aliphatic rings. The van der Waals surface area contributed by atoms with Crippen LogP contribution in [0.1, 0.15) is 18.5 Å². The van der Waals surface area contributed by atoms with Crippen molar-refractivity contribution in [1.29, 1.82) is 0 Å². The van der Waals surface area contributed by atoms with Gasteiger partial charge in [0.05, 0.1) is 21.8 Å². The van der Waals surface area contributed by atoms with E-state index in [1.807, 2.05) is 24.3 Å². The summed E-state index contributed by atoms with van der Waals surface area (Å²) >= 11 is 1.48. The minimum atomic E-state index is -0.325. The average Bonchev–Trinajstić information content (AvgIpc) is 3.24. The van der Waals surface area contributed by atoms with Gasteiger partial charge in [-0.25, -0.2) is 9.37 Å². The molecule has 6 nitrogen and oxygen atoms in total. The number of carbonyl (C=O) groups is 1. The Morgan fingerprint density at radius 3 is 2.88 bits per heavy atom. The Kier molecular flexibility index (Phi) is 6.14. The SMILES string of the molecule is O=C(NCC1CCN(CCOc2ccccc2F)CC1)C1=Cc2cnc3cccc(n23)S1. The van der Waals surface area contributed by atoms with E-state index in [0.29, 0.717) is 29.7 Å². The minimum Gasteiger partial charge on any atom is -0.489 e. The first kappa shape index (κ1) is 21.0. The van der Waals surface area contributed by atoms with Crippen LogP contribution in [0.2, 0.25) is 0 Å². The van der Waals surface area contributed by atoms with Gasteiger partial charge in [0.25, 0.3) is 5.91 Å². The monoisotopic (exact) mass is 452 g/mol. The molecule has 0 saturated carbocycles. The molecule has 1 amide bonds. The zero-order chi connectivity index (χ0) is 21.9. The van der Waals surface area contributed by atoms with Gasteiger partial charge in [0, 0.05) is 13.1 Å². The molecular weight excluding hydrogens is 427 g/mol. The van der Waals surface area contributed by atoms with Crippen LogP contribution in [0.3, 0.4) is 0 Å². The summed E-state index contributed by atoms with van der Waals surface area (Å²) in [6.07, 6.45) is 5.76. The van der Waals surface area contributed by atoms with Crippen LogP contribution in [-0.2, 0) is 4.79 Å². The molecule has 1 aromatic carbocycles. The molecule has 1 N–H and O–H groups in total. The lowest BCUT2D eigenvalue weighted by Crippen LogP contribution is -2.40. The number of halogens is 1. The lowest BCUT2D eigenvalue weighted by molar-refractivity contribution is -0.117. The summed E-state index contributed by atoms with van der Waals surface area (Å²) in [6, 6.07) is 12.4. The smallest absolute Gasteiger partial charge is 0.258 e. The fourth-order valence-electron chi connectivity index (χ4n) is 4.18. The number of likely N-dealkylation sites (tertiary alicyclic amines) is 1. The van der Waals surface area contributed by atoms with E-state index in [-0.39, 0.29) is 11.7 Å². The molecular formula is C24H25FN4O2S. The number of hydrogen-bond acceptors (Lipinski definition) is 5. The number of piperidine rings is 1. The van der Waals surface area contributed by atoms with Crippen molar-refractivity contribution >= 4 is 29.4 Å². The number of nitrogens with zero attached hydrogens (tertiary/aromatic N) is 3. The topological polar surface area (TPSA) is 58.9 Å². The molecule has 0 aliphatic carbocycles. The molecule has 32 heavy (non-hydrogen) atoms. The molecule has 3 aromatic rings.